The largest absolute Gasteiger partial charge is 0.491 e. The number of aliphatic hydroxyl groups excluding tert-OH is 3. The molecule has 2 aromatic carbocycles. The van der Waals surface area contributed by atoms with Crippen LogP contribution in [-0.4, -0.2) is 53.1 Å². The van der Waals surface area contributed by atoms with E-state index in [-0.39, 0.29) is 26.4 Å². The van der Waals surface area contributed by atoms with Crippen molar-refractivity contribution in [2.75, 3.05) is 26.4 Å². The minimum atomic E-state index is -1.73. The molecule has 0 unspecified atom stereocenters. The maximum atomic E-state index is 10.2. The highest BCUT2D eigenvalue weighted by molar-refractivity contribution is 5.52. The van der Waals surface area contributed by atoms with E-state index in [1.54, 1.807) is 55.5 Å². The number of ether oxygens (including phenoxy) is 2. The van der Waals surface area contributed by atoms with E-state index in [1.165, 1.54) is 0 Å². The molecule has 0 amide bonds. The van der Waals surface area contributed by atoms with Gasteiger partial charge in [0.15, 0.2) is 6.29 Å². The Bertz CT molecular complexity index is 619. The molecule has 0 saturated carbocycles. The number of hydrogen-bond acceptors (Lipinski definition) is 6. The molecule has 2 aromatic rings. The van der Waals surface area contributed by atoms with Gasteiger partial charge in [0.2, 0.25) is 0 Å². The summed E-state index contributed by atoms with van der Waals surface area (Å²) in [5.41, 5.74) is -0.130. The van der Waals surface area contributed by atoms with Crippen LogP contribution in [0.3, 0.4) is 0 Å². The molecular weight excluding hydrogens is 324 g/mol. The highest BCUT2D eigenvalue weighted by atomic mass is 16.5. The van der Waals surface area contributed by atoms with Crippen molar-refractivity contribution >= 4 is 0 Å². The third kappa shape index (κ3) is 4.11. The molecule has 0 aliphatic heterocycles. The van der Waals surface area contributed by atoms with E-state index in [0.29, 0.717) is 22.6 Å². The molecule has 0 aromatic heterocycles. The average Bonchev–Trinajstić information content (AvgIpc) is 2.64. The molecule has 6 heteroatoms. The van der Waals surface area contributed by atoms with Crippen LogP contribution in [0.2, 0.25) is 0 Å². The van der Waals surface area contributed by atoms with Gasteiger partial charge in [0.1, 0.15) is 24.7 Å². The predicted molar refractivity (Wildman–Crippen MR) is 92.7 cm³/mol. The van der Waals surface area contributed by atoms with Gasteiger partial charge in [-0.2, -0.15) is 0 Å². The molecule has 0 heterocycles. The fourth-order valence-electron chi connectivity index (χ4n) is 2.78. The lowest BCUT2D eigenvalue weighted by molar-refractivity contribution is -0.0831. The lowest BCUT2D eigenvalue weighted by Gasteiger charge is -2.35. The number of rotatable bonds is 9. The average molecular weight is 348 g/mol. The summed E-state index contributed by atoms with van der Waals surface area (Å²) in [5.74, 6) is 0.897. The monoisotopic (exact) mass is 348 g/mol. The minimum absolute atomic E-state index is 0.0945. The van der Waals surface area contributed by atoms with Crippen LogP contribution in [-0.2, 0) is 5.41 Å². The first-order valence-electron chi connectivity index (χ1n) is 8.08. The number of para-hydroxylation sites is 2. The number of benzene rings is 2. The SMILES string of the molecule is CC(c1ccccc1OCCO)(c1ccccc1OCCO)C(O)O. The molecule has 0 fully saturated rings. The van der Waals surface area contributed by atoms with Gasteiger partial charge >= 0.3 is 0 Å². The summed E-state index contributed by atoms with van der Waals surface area (Å²) < 4.78 is 11.1. The Balaban J connectivity index is 2.57. The van der Waals surface area contributed by atoms with Crippen LogP contribution >= 0.6 is 0 Å². The van der Waals surface area contributed by atoms with Crippen molar-refractivity contribution in [1.29, 1.82) is 0 Å². The summed E-state index contributed by atoms with van der Waals surface area (Å²) in [6.07, 6.45) is -1.73. The molecule has 4 N–H and O–H groups in total. The van der Waals surface area contributed by atoms with Crippen molar-refractivity contribution in [3.05, 3.63) is 59.7 Å². The topological polar surface area (TPSA) is 99.4 Å². The normalized spacial score (nSPS) is 11.6. The molecule has 0 bridgehead atoms. The predicted octanol–water partition coefficient (Wildman–Crippen LogP) is 1.05. The zero-order chi connectivity index (χ0) is 18.3. The second-order valence-electron chi connectivity index (χ2n) is 5.71. The molecule has 25 heavy (non-hydrogen) atoms. The maximum Gasteiger partial charge on any atom is 0.165 e. The lowest BCUT2D eigenvalue weighted by atomic mass is 9.74. The highest BCUT2D eigenvalue weighted by Crippen LogP contribution is 2.43. The fourth-order valence-corrected chi connectivity index (χ4v) is 2.78. The van der Waals surface area contributed by atoms with E-state index in [1.807, 2.05) is 0 Å². The Morgan fingerprint density at radius 3 is 1.56 bits per heavy atom. The van der Waals surface area contributed by atoms with Crippen molar-refractivity contribution in [3.8, 4) is 11.5 Å². The molecule has 0 aliphatic carbocycles. The van der Waals surface area contributed by atoms with Crippen LogP contribution in [0.4, 0.5) is 0 Å². The van der Waals surface area contributed by atoms with Gasteiger partial charge in [0, 0.05) is 11.1 Å². The van der Waals surface area contributed by atoms with Crippen LogP contribution in [0.5, 0.6) is 11.5 Å². The van der Waals surface area contributed by atoms with Crippen molar-refractivity contribution in [2.45, 2.75) is 18.6 Å². The van der Waals surface area contributed by atoms with Crippen molar-refractivity contribution in [1.82, 2.24) is 0 Å². The lowest BCUT2D eigenvalue weighted by Crippen LogP contribution is -2.38. The quantitative estimate of drug-likeness (QED) is 0.506. The molecule has 0 saturated heterocycles. The van der Waals surface area contributed by atoms with Gasteiger partial charge in [0.25, 0.3) is 0 Å². The number of aliphatic hydroxyl groups is 4. The van der Waals surface area contributed by atoms with Gasteiger partial charge in [-0.3, -0.25) is 0 Å². The van der Waals surface area contributed by atoms with Crippen molar-refractivity contribution in [3.63, 3.8) is 0 Å². The molecular formula is C19H24O6. The summed E-state index contributed by atoms with van der Waals surface area (Å²) in [7, 11) is 0. The van der Waals surface area contributed by atoms with E-state index in [9.17, 15) is 10.2 Å². The molecule has 136 valence electrons. The Morgan fingerprint density at radius 1 is 0.800 bits per heavy atom. The zero-order valence-electron chi connectivity index (χ0n) is 14.1. The van der Waals surface area contributed by atoms with Gasteiger partial charge in [-0.1, -0.05) is 36.4 Å². The third-order valence-corrected chi connectivity index (χ3v) is 4.11. The van der Waals surface area contributed by atoms with E-state index in [2.05, 4.69) is 0 Å². The van der Waals surface area contributed by atoms with Crippen molar-refractivity contribution in [2.24, 2.45) is 0 Å². The van der Waals surface area contributed by atoms with Crippen LogP contribution < -0.4 is 9.47 Å². The Morgan fingerprint density at radius 2 is 1.20 bits per heavy atom. The summed E-state index contributed by atoms with van der Waals surface area (Å²) in [4.78, 5) is 0. The summed E-state index contributed by atoms with van der Waals surface area (Å²) in [6.45, 7) is 1.57. The fraction of sp³-hybridized carbons (Fsp3) is 0.368. The van der Waals surface area contributed by atoms with E-state index >= 15 is 0 Å². The van der Waals surface area contributed by atoms with Crippen LogP contribution in [0.15, 0.2) is 48.5 Å². The summed E-state index contributed by atoms with van der Waals surface area (Å²) >= 11 is 0. The van der Waals surface area contributed by atoms with Crippen molar-refractivity contribution < 1.29 is 29.9 Å². The van der Waals surface area contributed by atoms with Crippen LogP contribution in [0.25, 0.3) is 0 Å². The summed E-state index contributed by atoms with van der Waals surface area (Å²) in [5, 5.41) is 38.5. The van der Waals surface area contributed by atoms with Gasteiger partial charge in [-0.05, 0) is 19.1 Å². The van der Waals surface area contributed by atoms with Gasteiger partial charge in [-0.15, -0.1) is 0 Å². The molecule has 0 radical (unpaired) electrons. The third-order valence-electron chi connectivity index (χ3n) is 4.11. The minimum Gasteiger partial charge on any atom is -0.491 e. The van der Waals surface area contributed by atoms with Crippen LogP contribution in [0, 0.1) is 0 Å². The standard InChI is InChI=1S/C19H24O6/c1-19(18(22)23,14-6-2-4-8-16(14)24-12-10-20)15-7-3-5-9-17(15)25-13-11-21/h2-9,18,20-23H,10-13H2,1H3. The first-order chi connectivity index (χ1) is 12.1. The Kier molecular flexibility index (Phi) is 6.78. The van der Waals surface area contributed by atoms with E-state index in [4.69, 9.17) is 19.7 Å². The first-order valence-corrected chi connectivity index (χ1v) is 8.08. The van der Waals surface area contributed by atoms with E-state index < -0.39 is 11.7 Å². The molecule has 0 atom stereocenters. The first kappa shape index (κ1) is 19.2. The second kappa shape index (κ2) is 8.82. The molecule has 2 rings (SSSR count). The van der Waals surface area contributed by atoms with E-state index in [0.717, 1.165) is 0 Å². The van der Waals surface area contributed by atoms with Gasteiger partial charge < -0.3 is 29.9 Å². The Labute approximate surface area is 146 Å². The molecule has 6 nitrogen and oxygen atoms in total. The molecule has 0 aliphatic rings. The maximum absolute atomic E-state index is 10.2. The zero-order valence-corrected chi connectivity index (χ0v) is 14.1. The number of hydrogen-bond donors (Lipinski definition) is 4. The highest BCUT2D eigenvalue weighted by Gasteiger charge is 2.40. The summed E-state index contributed by atoms with van der Waals surface area (Å²) in [6, 6.07) is 14.0. The van der Waals surface area contributed by atoms with Crippen LogP contribution in [0.1, 0.15) is 18.1 Å². The van der Waals surface area contributed by atoms with Gasteiger partial charge in [0.05, 0.1) is 18.6 Å². The molecule has 0 spiro atoms. The smallest absolute Gasteiger partial charge is 0.165 e. The second-order valence-corrected chi connectivity index (χ2v) is 5.71. The van der Waals surface area contributed by atoms with Gasteiger partial charge in [-0.25, -0.2) is 0 Å². The Hall–Kier alpha value is -2.12.